The van der Waals surface area contributed by atoms with Crippen molar-refractivity contribution in [1.29, 1.82) is 0 Å². The molecule has 5 rings (SSSR count). The van der Waals surface area contributed by atoms with Gasteiger partial charge in [0, 0.05) is 38.0 Å². The molecule has 1 aliphatic rings. The first-order valence-electron chi connectivity index (χ1n) is 13.5. The number of hydrogen-bond acceptors (Lipinski definition) is 8. The van der Waals surface area contributed by atoms with Crippen molar-refractivity contribution in [2.75, 3.05) is 31.9 Å². The van der Waals surface area contributed by atoms with E-state index in [1.54, 1.807) is 54.4 Å². The Bertz CT molecular complexity index is 1870. The van der Waals surface area contributed by atoms with Gasteiger partial charge in [-0.2, -0.15) is 18.3 Å². The van der Waals surface area contributed by atoms with Crippen LogP contribution in [0.4, 0.5) is 18.9 Å². The zero-order valence-corrected chi connectivity index (χ0v) is 25.8. The number of aliphatic carboxylic acids is 1. The molecule has 0 unspecified atom stereocenters. The second kappa shape index (κ2) is 13.0. The topological polar surface area (TPSA) is 168 Å². The minimum atomic E-state index is -5.08. The number of amides is 2. The van der Waals surface area contributed by atoms with E-state index in [0.717, 1.165) is 17.5 Å². The number of hydrogen-bond donors (Lipinski definition) is 2. The van der Waals surface area contributed by atoms with E-state index in [1.807, 2.05) is 24.3 Å². The van der Waals surface area contributed by atoms with Gasteiger partial charge in [-0.25, -0.2) is 22.9 Å². The van der Waals surface area contributed by atoms with E-state index in [1.165, 1.54) is 11.6 Å². The fourth-order valence-corrected chi connectivity index (χ4v) is 5.41. The number of carbonyl (C=O) groups is 3. The fraction of sp³-hybridized carbons (Fsp3) is 0.276. The molecule has 0 fully saturated rings. The van der Waals surface area contributed by atoms with Crippen molar-refractivity contribution in [3.63, 3.8) is 0 Å². The number of aromatic nitrogens is 4. The molecule has 13 nitrogen and oxygen atoms in total. The van der Waals surface area contributed by atoms with Crippen molar-refractivity contribution in [2.24, 2.45) is 0 Å². The molecule has 17 heteroatoms. The Morgan fingerprint density at radius 1 is 1.09 bits per heavy atom. The number of aromatic amines is 1. The summed E-state index contributed by atoms with van der Waals surface area (Å²) in [4.78, 5) is 45.0. The van der Waals surface area contributed by atoms with Gasteiger partial charge >= 0.3 is 12.1 Å². The number of carbonyl (C=O) groups excluding carboxylic acids is 2. The molecule has 2 amide bonds. The second-order valence-electron chi connectivity index (χ2n) is 10.2. The van der Waals surface area contributed by atoms with E-state index in [-0.39, 0.29) is 22.5 Å². The van der Waals surface area contributed by atoms with Gasteiger partial charge in [-0.15, -0.1) is 0 Å². The predicted molar refractivity (Wildman–Crippen MR) is 158 cm³/mol. The number of ether oxygens (including phenoxy) is 1. The lowest BCUT2D eigenvalue weighted by Gasteiger charge is -2.28. The molecular formula is C29H29F3N6O7S. The van der Waals surface area contributed by atoms with Gasteiger partial charge in [0.15, 0.2) is 14.9 Å². The fourth-order valence-electron chi connectivity index (χ4n) is 4.53. The molecule has 1 aliphatic heterocycles. The van der Waals surface area contributed by atoms with Crippen molar-refractivity contribution >= 4 is 33.3 Å². The molecule has 0 spiro atoms. The van der Waals surface area contributed by atoms with Crippen LogP contribution in [0.25, 0.3) is 16.9 Å². The number of nitrogens with one attached hydrogen (secondary N) is 1. The van der Waals surface area contributed by atoms with Crippen LogP contribution in [0.3, 0.4) is 0 Å². The van der Waals surface area contributed by atoms with E-state index >= 15 is 0 Å². The molecule has 4 aromatic rings. The number of sulfone groups is 1. The Kier molecular flexibility index (Phi) is 9.55. The van der Waals surface area contributed by atoms with E-state index in [2.05, 4.69) is 15.1 Å². The Morgan fingerprint density at radius 3 is 2.20 bits per heavy atom. The predicted octanol–water partition coefficient (Wildman–Crippen LogP) is 3.49. The van der Waals surface area contributed by atoms with Crippen LogP contribution in [0.2, 0.25) is 0 Å². The highest BCUT2D eigenvalue weighted by Crippen LogP contribution is 2.32. The maximum Gasteiger partial charge on any atom is 0.490 e. The summed E-state index contributed by atoms with van der Waals surface area (Å²) in [6, 6.07) is 14.4. The number of anilines is 1. The molecule has 2 N–H and O–H groups in total. The summed E-state index contributed by atoms with van der Waals surface area (Å²) in [5.74, 6) is -1.85. The number of benzene rings is 2. The van der Waals surface area contributed by atoms with E-state index in [9.17, 15) is 31.2 Å². The number of halogens is 3. The van der Waals surface area contributed by atoms with E-state index in [4.69, 9.17) is 14.6 Å². The van der Waals surface area contributed by atoms with Crippen molar-refractivity contribution < 1.29 is 45.8 Å². The summed E-state index contributed by atoms with van der Waals surface area (Å²) < 4.78 is 63.4. The monoisotopic (exact) mass is 662 g/mol. The van der Waals surface area contributed by atoms with Crippen molar-refractivity contribution in [2.45, 2.75) is 31.1 Å². The average Bonchev–Trinajstić information content (AvgIpc) is 3.63. The average molecular weight is 663 g/mol. The number of carboxylic acids is 1. The molecule has 2 aromatic heterocycles. The van der Waals surface area contributed by atoms with Gasteiger partial charge in [-0.3, -0.25) is 9.59 Å². The van der Waals surface area contributed by atoms with Crippen LogP contribution in [-0.4, -0.2) is 89.1 Å². The third kappa shape index (κ3) is 7.36. The summed E-state index contributed by atoms with van der Waals surface area (Å²) in [7, 11) is -0.394. The number of nitrogens with zero attached hydrogens (tertiary/aromatic N) is 5. The van der Waals surface area contributed by atoms with Crippen LogP contribution < -0.4 is 9.64 Å². The minimum absolute atomic E-state index is 0.0522. The number of imidazole rings is 1. The number of alkyl halides is 3. The highest BCUT2D eigenvalue weighted by molar-refractivity contribution is 7.90. The van der Waals surface area contributed by atoms with Crippen LogP contribution in [0.15, 0.2) is 59.8 Å². The highest BCUT2D eigenvalue weighted by Gasteiger charge is 2.38. The zero-order valence-electron chi connectivity index (χ0n) is 25.0. The lowest BCUT2D eigenvalue weighted by atomic mass is 10.0. The van der Waals surface area contributed by atoms with Gasteiger partial charge in [0.25, 0.3) is 5.91 Å². The SMILES string of the molecule is COc1ccc(-n2nc(S(C)(=O)=O)c3c2C(=O)N(c2ccc(-c4cnc(CN(C)C(C)=O)[nH]4)cc2)CC3)cc1.O=C(O)C(F)(F)F. The summed E-state index contributed by atoms with van der Waals surface area (Å²) in [5.41, 5.74) is 3.54. The smallest absolute Gasteiger partial charge is 0.490 e. The number of rotatable bonds is 7. The highest BCUT2D eigenvalue weighted by atomic mass is 32.2. The van der Waals surface area contributed by atoms with Gasteiger partial charge in [-0.1, -0.05) is 12.1 Å². The maximum absolute atomic E-state index is 13.8. The number of methoxy groups -OCH3 is 1. The summed E-state index contributed by atoms with van der Waals surface area (Å²) >= 11 is 0. The first-order chi connectivity index (χ1) is 21.5. The molecule has 0 radical (unpaired) electrons. The molecule has 244 valence electrons. The zero-order chi connectivity index (χ0) is 34.0. The number of fused-ring (bicyclic) bond motifs is 1. The number of H-pyrrole nitrogens is 1. The van der Waals surface area contributed by atoms with Gasteiger partial charge in [0.1, 0.15) is 17.3 Å². The molecule has 46 heavy (non-hydrogen) atoms. The minimum Gasteiger partial charge on any atom is -0.497 e. The quantitative estimate of drug-likeness (QED) is 0.301. The third-order valence-electron chi connectivity index (χ3n) is 6.93. The van der Waals surface area contributed by atoms with Crippen molar-refractivity contribution in [1.82, 2.24) is 24.6 Å². The van der Waals surface area contributed by atoms with Crippen molar-refractivity contribution in [3.8, 4) is 22.7 Å². The Hall–Kier alpha value is -5.19. The number of carboxylic acid groups (broad SMARTS) is 1. The summed E-state index contributed by atoms with van der Waals surface area (Å²) in [5, 5.41) is 11.4. The molecule has 0 saturated heterocycles. The Labute approximate surface area is 261 Å². The van der Waals surface area contributed by atoms with Crippen LogP contribution in [0.5, 0.6) is 5.75 Å². The lowest BCUT2D eigenvalue weighted by molar-refractivity contribution is -0.192. The van der Waals surface area contributed by atoms with Gasteiger partial charge in [0.05, 0.1) is 31.2 Å². The van der Waals surface area contributed by atoms with Crippen molar-refractivity contribution in [3.05, 3.63) is 71.8 Å². The summed E-state index contributed by atoms with van der Waals surface area (Å²) in [6.07, 6.45) is -1.94. The van der Waals surface area contributed by atoms with Gasteiger partial charge in [-0.05, 0) is 48.4 Å². The van der Waals surface area contributed by atoms with Crippen LogP contribution in [0, 0.1) is 0 Å². The molecule has 0 saturated carbocycles. The van der Waals surface area contributed by atoms with Crippen LogP contribution in [-0.2, 0) is 32.4 Å². The first-order valence-corrected chi connectivity index (χ1v) is 15.3. The van der Waals surface area contributed by atoms with Gasteiger partial charge < -0.3 is 24.6 Å². The molecular weight excluding hydrogens is 633 g/mol. The maximum atomic E-state index is 13.8. The normalized spacial score (nSPS) is 13.0. The van der Waals surface area contributed by atoms with Crippen LogP contribution in [0.1, 0.15) is 28.8 Å². The van der Waals surface area contributed by atoms with E-state index < -0.39 is 22.0 Å². The van der Waals surface area contributed by atoms with Crippen LogP contribution >= 0.6 is 0 Å². The molecule has 0 bridgehead atoms. The standard InChI is InChI=1S/C27H28N6O5S.C2HF3O2/c1-17(34)31(2)16-24-28-15-23(29-24)18-5-7-19(8-6-18)32-14-13-22-25(27(32)35)33(30-26(22)39(4,36)37)20-9-11-21(38-3)12-10-20;3-2(4,5)1(6)7/h5-12,15H,13-14,16H2,1-4H3,(H,28,29);(H,6,7). The molecule has 2 aromatic carbocycles. The Balaban J connectivity index is 0.000000617. The summed E-state index contributed by atoms with van der Waals surface area (Å²) in [6.45, 7) is 2.18. The molecule has 3 heterocycles. The van der Waals surface area contributed by atoms with E-state index in [0.29, 0.717) is 48.0 Å². The Morgan fingerprint density at radius 2 is 1.67 bits per heavy atom. The molecule has 0 aliphatic carbocycles. The molecule has 0 atom stereocenters. The first kappa shape index (κ1) is 33.7. The third-order valence-corrected chi connectivity index (χ3v) is 7.96. The lowest BCUT2D eigenvalue weighted by Crippen LogP contribution is -2.38. The second-order valence-corrected chi connectivity index (χ2v) is 12.1. The van der Waals surface area contributed by atoms with Gasteiger partial charge in [0.2, 0.25) is 5.91 Å². The largest absolute Gasteiger partial charge is 0.497 e.